The molecular weight excluding hydrogens is 506 g/mol. The highest BCUT2D eigenvalue weighted by molar-refractivity contribution is 14.0. The van der Waals surface area contributed by atoms with Crippen molar-refractivity contribution in [1.82, 2.24) is 9.97 Å². The van der Waals surface area contributed by atoms with Crippen LogP contribution in [0.3, 0.4) is 0 Å². The largest absolute Gasteiger partial charge is 0.470 e. The molecule has 0 atom stereocenters. The van der Waals surface area contributed by atoms with E-state index in [1.54, 1.807) is 18.2 Å². The second kappa shape index (κ2) is 9.59. The molecule has 1 heterocycles. The van der Waals surface area contributed by atoms with E-state index in [1.807, 2.05) is 30.5 Å². The first kappa shape index (κ1) is 21.0. The third-order valence-corrected chi connectivity index (χ3v) is 4.58. The van der Waals surface area contributed by atoms with Crippen molar-refractivity contribution in [2.75, 3.05) is 6.26 Å². The smallest absolute Gasteiger partial charge is 0.260 e. The molecule has 2 N–H and O–H groups in total. The highest BCUT2D eigenvalue weighted by Gasteiger charge is 2.13. The predicted octanol–water partition coefficient (Wildman–Crippen LogP) is 5.44. The zero-order valence-electron chi connectivity index (χ0n) is 13.6. The number of amidine groups is 1. The molecule has 2 aromatic carbocycles. The minimum absolute atomic E-state index is 0. The molecule has 0 saturated heterocycles. The number of aliphatic imine (C=N–C) groups is 1. The fourth-order valence-electron chi connectivity index (χ4n) is 2.10. The molecule has 0 amide bonds. The van der Waals surface area contributed by atoms with E-state index in [1.165, 1.54) is 11.8 Å². The van der Waals surface area contributed by atoms with Crippen LogP contribution >= 0.6 is 58.9 Å². The van der Waals surface area contributed by atoms with Crippen molar-refractivity contribution in [2.24, 2.45) is 10.7 Å². The Bertz CT molecular complexity index is 935. The SMILES string of the molecule is CSC(N)=Nc1nc2ccccc2nc1OCc1c(Cl)cccc1Cl.I. The number of aromatic nitrogens is 2. The van der Waals surface area contributed by atoms with Crippen molar-refractivity contribution in [3.8, 4) is 5.88 Å². The summed E-state index contributed by atoms with van der Waals surface area (Å²) in [6.45, 7) is 0.146. The van der Waals surface area contributed by atoms with Gasteiger partial charge in [-0.15, -0.1) is 24.0 Å². The van der Waals surface area contributed by atoms with E-state index in [-0.39, 0.29) is 36.5 Å². The summed E-state index contributed by atoms with van der Waals surface area (Å²) in [5.74, 6) is 0.584. The Morgan fingerprint density at radius 1 is 1.08 bits per heavy atom. The van der Waals surface area contributed by atoms with E-state index < -0.39 is 0 Å². The molecule has 0 spiro atoms. The lowest BCUT2D eigenvalue weighted by molar-refractivity contribution is 0.295. The van der Waals surface area contributed by atoms with E-state index >= 15 is 0 Å². The molecule has 0 aliphatic carbocycles. The quantitative estimate of drug-likeness (QED) is 0.281. The molecular formula is C17H15Cl2IN4OS. The molecule has 9 heteroatoms. The van der Waals surface area contributed by atoms with Crippen molar-refractivity contribution in [2.45, 2.75) is 6.61 Å². The number of ether oxygens (including phenoxy) is 1. The van der Waals surface area contributed by atoms with E-state index in [0.29, 0.717) is 37.6 Å². The summed E-state index contributed by atoms with van der Waals surface area (Å²) in [6.07, 6.45) is 1.83. The minimum atomic E-state index is 0. The van der Waals surface area contributed by atoms with Gasteiger partial charge in [-0.25, -0.2) is 15.0 Å². The summed E-state index contributed by atoms with van der Waals surface area (Å²) in [6, 6.07) is 12.7. The fraction of sp³-hybridized carbons (Fsp3) is 0.118. The van der Waals surface area contributed by atoms with Gasteiger partial charge in [-0.1, -0.05) is 53.2 Å². The molecule has 136 valence electrons. The fourth-order valence-corrected chi connectivity index (χ4v) is 2.79. The molecule has 0 aliphatic rings. The van der Waals surface area contributed by atoms with E-state index in [0.717, 1.165) is 0 Å². The minimum Gasteiger partial charge on any atom is -0.470 e. The van der Waals surface area contributed by atoms with Gasteiger partial charge in [-0.2, -0.15) is 0 Å². The molecule has 3 aromatic rings. The number of rotatable bonds is 4. The monoisotopic (exact) mass is 520 g/mol. The lowest BCUT2D eigenvalue weighted by Gasteiger charge is -2.11. The van der Waals surface area contributed by atoms with Gasteiger partial charge in [0.25, 0.3) is 5.88 Å². The highest BCUT2D eigenvalue weighted by Crippen LogP contribution is 2.30. The molecule has 26 heavy (non-hydrogen) atoms. The van der Waals surface area contributed by atoms with Crippen LogP contribution in [-0.2, 0) is 6.61 Å². The topological polar surface area (TPSA) is 73.4 Å². The van der Waals surface area contributed by atoms with Crippen LogP contribution in [0.25, 0.3) is 11.0 Å². The molecule has 3 rings (SSSR count). The number of hydrogen-bond donors (Lipinski definition) is 1. The van der Waals surface area contributed by atoms with Crippen LogP contribution in [0.1, 0.15) is 5.56 Å². The van der Waals surface area contributed by atoms with Crippen LogP contribution in [0.5, 0.6) is 5.88 Å². The molecule has 0 fully saturated rings. The maximum Gasteiger partial charge on any atom is 0.260 e. The van der Waals surface area contributed by atoms with Gasteiger partial charge in [0.15, 0.2) is 5.17 Å². The molecule has 5 nitrogen and oxygen atoms in total. The molecule has 0 saturated carbocycles. The zero-order valence-corrected chi connectivity index (χ0v) is 18.3. The first-order chi connectivity index (χ1) is 12.1. The average molecular weight is 521 g/mol. The number of para-hydroxylation sites is 2. The highest BCUT2D eigenvalue weighted by atomic mass is 127. The van der Waals surface area contributed by atoms with Crippen molar-refractivity contribution < 1.29 is 4.74 Å². The van der Waals surface area contributed by atoms with E-state index in [9.17, 15) is 0 Å². The van der Waals surface area contributed by atoms with Gasteiger partial charge in [-0.3, -0.25) is 0 Å². The summed E-state index contributed by atoms with van der Waals surface area (Å²) < 4.78 is 5.82. The molecule has 0 bridgehead atoms. The Balaban J connectivity index is 0.00000243. The maximum absolute atomic E-state index is 6.19. The Hall–Kier alpha value is -1.29. The molecule has 1 aromatic heterocycles. The summed E-state index contributed by atoms with van der Waals surface area (Å²) in [4.78, 5) is 13.3. The second-order valence-electron chi connectivity index (χ2n) is 4.98. The normalized spacial score (nSPS) is 11.3. The Labute approximate surface area is 182 Å². The van der Waals surface area contributed by atoms with Gasteiger partial charge in [0.1, 0.15) is 6.61 Å². The van der Waals surface area contributed by atoms with Crippen LogP contribution in [0.15, 0.2) is 47.5 Å². The number of nitrogens with zero attached hydrogens (tertiary/aromatic N) is 3. The second-order valence-corrected chi connectivity index (χ2v) is 6.63. The van der Waals surface area contributed by atoms with Crippen molar-refractivity contribution in [3.63, 3.8) is 0 Å². The molecule has 0 unspecified atom stereocenters. The van der Waals surface area contributed by atoms with Crippen LogP contribution < -0.4 is 10.5 Å². The summed E-state index contributed by atoms with van der Waals surface area (Å²) in [5.41, 5.74) is 7.90. The lowest BCUT2D eigenvalue weighted by Crippen LogP contribution is -2.06. The summed E-state index contributed by atoms with van der Waals surface area (Å²) >= 11 is 13.7. The standard InChI is InChI=1S/C17H14Cl2N4OS.HI/c1-25-17(20)23-15-16(22-14-8-3-2-7-13(14)21-15)24-9-10-11(18)5-4-6-12(10)19;/h2-8H,9H2,1H3,(H2,20,21,23);1H. The van der Waals surface area contributed by atoms with Crippen molar-refractivity contribution in [3.05, 3.63) is 58.1 Å². The van der Waals surface area contributed by atoms with E-state index in [2.05, 4.69) is 15.0 Å². The van der Waals surface area contributed by atoms with Gasteiger partial charge >= 0.3 is 0 Å². The number of benzene rings is 2. The van der Waals surface area contributed by atoms with Gasteiger partial charge < -0.3 is 10.5 Å². The Morgan fingerprint density at radius 2 is 1.69 bits per heavy atom. The molecule has 0 aliphatic heterocycles. The van der Waals surface area contributed by atoms with Crippen molar-refractivity contribution in [1.29, 1.82) is 0 Å². The molecule has 0 radical (unpaired) electrons. The van der Waals surface area contributed by atoms with Crippen LogP contribution in [0, 0.1) is 0 Å². The number of thioether (sulfide) groups is 1. The van der Waals surface area contributed by atoms with Crippen LogP contribution in [0.2, 0.25) is 10.0 Å². The number of halogens is 3. The zero-order chi connectivity index (χ0) is 17.8. The summed E-state index contributed by atoms with van der Waals surface area (Å²) in [5, 5.41) is 1.41. The van der Waals surface area contributed by atoms with Crippen LogP contribution in [0.4, 0.5) is 5.82 Å². The van der Waals surface area contributed by atoms with E-state index in [4.69, 9.17) is 33.7 Å². The Morgan fingerprint density at radius 3 is 2.31 bits per heavy atom. The van der Waals surface area contributed by atoms with Gasteiger partial charge in [0.2, 0.25) is 5.82 Å². The van der Waals surface area contributed by atoms with Gasteiger partial charge in [-0.05, 0) is 30.5 Å². The van der Waals surface area contributed by atoms with Gasteiger partial charge in [0, 0.05) is 15.6 Å². The number of fused-ring (bicyclic) bond motifs is 1. The first-order valence-electron chi connectivity index (χ1n) is 7.29. The maximum atomic E-state index is 6.19. The predicted molar refractivity (Wildman–Crippen MR) is 121 cm³/mol. The third kappa shape index (κ3) is 4.91. The Kier molecular flexibility index (Phi) is 7.75. The van der Waals surface area contributed by atoms with Crippen LogP contribution in [-0.4, -0.2) is 21.4 Å². The van der Waals surface area contributed by atoms with Crippen molar-refractivity contribution >= 4 is 81.0 Å². The number of nitrogens with two attached hydrogens (primary N) is 1. The summed E-state index contributed by atoms with van der Waals surface area (Å²) in [7, 11) is 0. The average Bonchev–Trinajstić information content (AvgIpc) is 2.61. The van der Waals surface area contributed by atoms with Gasteiger partial charge in [0.05, 0.1) is 11.0 Å². The third-order valence-electron chi connectivity index (χ3n) is 3.36. The lowest BCUT2D eigenvalue weighted by atomic mass is 10.2. The first-order valence-corrected chi connectivity index (χ1v) is 9.27. The number of hydrogen-bond acceptors (Lipinski definition) is 5.